The van der Waals surface area contributed by atoms with E-state index in [1.807, 2.05) is 0 Å². The van der Waals surface area contributed by atoms with Gasteiger partial charge in [-0.1, -0.05) is 31.2 Å². The lowest BCUT2D eigenvalue weighted by molar-refractivity contribution is 0.0308. The van der Waals surface area contributed by atoms with Crippen molar-refractivity contribution < 1.29 is 4.74 Å². The second-order valence-corrected chi connectivity index (χ2v) is 4.90. The van der Waals surface area contributed by atoms with Gasteiger partial charge in [-0.15, -0.1) is 0 Å². The van der Waals surface area contributed by atoms with Gasteiger partial charge >= 0.3 is 0 Å². The van der Waals surface area contributed by atoms with Gasteiger partial charge in [0.25, 0.3) is 0 Å². The molecule has 0 saturated heterocycles. The molecule has 0 amide bonds. The summed E-state index contributed by atoms with van der Waals surface area (Å²) < 4.78 is 5.92. The molecule has 2 unspecified atom stereocenters. The van der Waals surface area contributed by atoms with Crippen LogP contribution in [0.4, 0.5) is 0 Å². The minimum Gasteiger partial charge on any atom is -0.373 e. The van der Waals surface area contributed by atoms with Gasteiger partial charge in [0.1, 0.15) is 0 Å². The quantitative estimate of drug-likeness (QED) is 0.844. The maximum atomic E-state index is 5.92. The van der Waals surface area contributed by atoms with Crippen molar-refractivity contribution in [3.8, 4) is 0 Å². The van der Waals surface area contributed by atoms with E-state index in [0.717, 1.165) is 26.0 Å². The van der Waals surface area contributed by atoms with Crippen LogP contribution in [0.2, 0.25) is 0 Å². The van der Waals surface area contributed by atoms with E-state index in [4.69, 9.17) is 4.74 Å². The van der Waals surface area contributed by atoms with Gasteiger partial charge in [0.05, 0.1) is 12.7 Å². The summed E-state index contributed by atoms with van der Waals surface area (Å²) in [6, 6.07) is 9.21. The van der Waals surface area contributed by atoms with Gasteiger partial charge in [-0.25, -0.2) is 0 Å². The van der Waals surface area contributed by atoms with Crippen molar-refractivity contribution >= 4 is 0 Å². The third-order valence-corrected chi connectivity index (χ3v) is 3.40. The van der Waals surface area contributed by atoms with Crippen LogP contribution in [0, 0.1) is 0 Å². The van der Waals surface area contributed by atoms with Crippen LogP contribution in [0.5, 0.6) is 0 Å². The van der Waals surface area contributed by atoms with Crippen LogP contribution in [-0.2, 0) is 11.2 Å². The average molecular weight is 233 g/mol. The smallest absolute Gasteiger partial charge is 0.0842 e. The van der Waals surface area contributed by atoms with Gasteiger partial charge in [0, 0.05) is 6.04 Å². The average Bonchev–Trinajstić information content (AvgIpc) is 2.37. The molecule has 2 nitrogen and oxygen atoms in total. The molecule has 1 aromatic carbocycles. The molecule has 0 bridgehead atoms. The fraction of sp³-hybridized carbons (Fsp3) is 0.600. The molecule has 0 spiro atoms. The molecular weight excluding hydrogens is 210 g/mol. The first-order valence-corrected chi connectivity index (χ1v) is 6.74. The fourth-order valence-corrected chi connectivity index (χ4v) is 2.47. The predicted molar refractivity (Wildman–Crippen MR) is 71.2 cm³/mol. The van der Waals surface area contributed by atoms with Gasteiger partial charge in [0.2, 0.25) is 0 Å². The molecule has 2 heteroatoms. The summed E-state index contributed by atoms with van der Waals surface area (Å²) in [6.45, 7) is 6.40. The maximum absolute atomic E-state index is 5.92. The predicted octanol–water partition coefficient (Wildman–Crippen LogP) is 3.08. The van der Waals surface area contributed by atoms with Gasteiger partial charge in [-0.3, -0.25) is 0 Å². The van der Waals surface area contributed by atoms with Crippen molar-refractivity contribution in [2.75, 3.05) is 13.2 Å². The van der Waals surface area contributed by atoms with Gasteiger partial charge < -0.3 is 10.1 Å². The lowest BCUT2D eigenvalue weighted by Gasteiger charge is -2.28. The highest BCUT2D eigenvalue weighted by Gasteiger charge is 2.21. The van der Waals surface area contributed by atoms with E-state index in [1.54, 1.807) is 0 Å². The van der Waals surface area contributed by atoms with E-state index in [9.17, 15) is 0 Å². The molecule has 1 N–H and O–H groups in total. The highest BCUT2D eigenvalue weighted by molar-refractivity contribution is 5.30. The molecule has 0 fully saturated rings. The summed E-state index contributed by atoms with van der Waals surface area (Å²) in [5, 5.41) is 3.53. The van der Waals surface area contributed by atoms with Crippen LogP contribution in [0.3, 0.4) is 0 Å². The van der Waals surface area contributed by atoms with Crippen molar-refractivity contribution in [1.29, 1.82) is 0 Å². The SMILES string of the molecule is CCCNC(C)CC1OCCc2ccccc21. The Bertz CT molecular complexity index is 351. The van der Waals surface area contributed by atoms with E-state index < -0.39 is 0 Å². The molecule has 94 valence electrons. The molecule has 1 aromatic rings. The molecule has 17 heavy (non-hydrogen) atoms. The summed E-state index contributed by atoms with van der Waals surface area (Å²) in [5.41, 5.74) is 2.86. The van der Waals surface area contributed by atoms with Gasteiger partial charge in [0.15, 0.2) is 0 Å². The summed E-state index contributed by atoms with van der Waals surface area (Å²) in [6.07, 6.45) is 3.59. The normalized spacial score (nSPS) is 20.9. The number of nitrogens with one attached hydrogen (secondary N) is 1. The Kier molecular flexibility index (Phi) is 4.57. The van der Waals surface area contributed by atoms with Crippen LogP contribution >= 0.6 is 0 Å². The highest BCUT2D eigenvalue weighted by Crippen LogP contribution is 2.30. The molecule has 0 aromatic heterocycles. The monoisotopic (exact) mass is 233 g/mol. The Morgan fingerprint density at radius 3 is 3.06 bits per heavy atom. The highest BCUT2D eigenvalue weighted by atomic mass is 16.5. The van der Waals surface area contributed by atoms with Gasteiger partial charge in [-0.2, -0.15) is 0 Å². The van der Waals surface area contributed by atoms with E-state index >= 15 is 0 Å². The molecule has 0 aliphatic carbocycles. The van der Waals surface area contributed by atoms with Crippen molar-refractivity contribution in [2.24, 2.45) is 0 Å². The van der Waals surface area contributed by atoms with Crippen LogP contribution in [0.15, 0.2) is 24.3 Å². The van der Waals surface area contributed by atoms with Crippen LogP contribution in [0.1, 0.15) is 43.9 Å². The van der Waals surface area contributed by atoms with Crippen LogP contribution in [0.25, 0.3) is 0 Å². The van der Waals surface area contributed by atoms with E-state index in [2.05, 4.69) is 43.4 Å². The molecule has 2 atom stereocenters. The summed E-state index contributed by atoms with van der Waals surface area (Å²) in [5.74, 6) is 0. The number of rotatable bonds is 5. The Morgan fingerprint density at radius 1 is 1.41 bits per heavy atom. The number of fused-ring (bicyclic) bond motifs is 1. The van der Waals surface area contributed by atoms with Crippen LogP contribution in [-0.4, -0.2) is 19.2 Å². The third-order valence-electron chi connectivity index (χ3n) is 3.40. The topological polar surface area (TPSA) is 21.3 Å². The zero-order valence-electron chi connectivity index (χ0n) is 10.9. The van der Waals surface area contributed by atoms with E-state index in [0.29, 0.717) is 6.04 Å². The molecule has 1 aliphatic heterocycles. The molecule has 1 aliphatic rings. The Labute approximate surface area is 104 Å². The molecular formula is C15H23NO. The van der Waals surface area contributed by atoms with E-state index in [-0.39, 0.29) is 6.10 Å². The summed E-state index contributed by atoms with van der Waals surface area (Å²) >= 11 is 0. The Hall–Kier alpha value is -0.860. The van der Waals surface area contributed by atoms with E-state index in [1.165, 1.54) is 17.5 Å². The largest absolute Gasteiger partial charge is 0.373 e. The molecule has 1 heterocycles. The number of benzene rings is 1. The Balaban J connectivity index is 1.98. The van der Waals surface area contributed by atoms with Crippen LogP contribution < -0.4 is 5.32 Å². The molecule has 0 radical (unpaired) electrons. The minimum atomic E-state index is 0.277. The minimum absolute atomic E-state index is 0.277. The zero-order chi connectivity index (χ0) is 12.1. The van der Waals surface area contributed by atoms with Gasteiger partial charge in [-0.05, 0) is 43.9 Å². The third kappa shape index (κ3) is 3.30. The lowest BCUT2D eigenvalue weighted by Crippen LogP contribution is -2.30. The lowest BCUT2D eigenvalue weighted by atomic mass is 9.94. The first-order valence-electron chi connectivity index (χ1n) is 6.74. The van der Waals surface area contributed by atoms with Crippen molar-refractivity contribution in [2.45, 2.75) is 45.3 Å². The molecule has 0 saturated carbocycles. The second-order valence-electron chi connectivity index (χ2n) is 4.90. The zero-order valence-corrected chi connectivity index (χ0v) is 10.9. The van der Waals surface area contributed by atoms with Crippen molar-refractivity contribution in [1.82, 2.24) is 5.32 Å². The Morgan fingerprint density at radius 2 is 2.24 bits per heavy atom. The summed E-state index contributed by atoms with van der Waals surface area (Å²) in [7, 11) is 0. The standard InChI is InChI=1S/C15H23NO/c1-3-9-16-12(2)11-15-14-7-5-4-6-13(14)8-10-17-15/h4-7,12,15-16H,3,8-11H2,1-2H3. The van der Waals surface area contributed by atoms with Crippen molar-refractivity contribution in [3.63, 3.8) is 0 Å². The number of hydrogen-bond donors (Lipinski definition) is 1. The second kappa shape index (κ2) is 6.18. The van der Waals surface area contributed by atoms with Crippen molar-refractivity contribution in [3.05, 3.63) is 35.4 Å². The number of hydrogen-bond acceptors (Lipinski definition) is 2. The first kappa shape index (κ1) is 12.6. The fourth-order valence-electron chi connectivity index (χ4n) is 2.47. The number of ether oxygens (including phenoxy) is 1. The first-order chi connectivity index (χ1) is 8.31. The maximum Gasteiger partial charge on any atom is 0.0842 e. The summed E-state index contributed by atoms with van der Waals surface area (Å²) in [4.78, 5) is 0. The molecule has 2 rings (SSSR count).